The zero-order valence-electron chi connectivity index (χ0n) is 9.52. The molecule has 0 radical (unpaired) electrons. The van der Waals surface area contributed by atoms with Crippen molar-refractivity contribution >= 4 is 18.5 Å². The first-order valence-corrected chi connectivity index (χ1v) is 5.27. The van der Waals surface area contributed by atoms with Crippen molar-refractivity contribution in [2.75, 3.05) is 13.4 Å². The lowest BCUT2D eigenvalue weighted by molar-refractivity contribution is -0.104. The van der Waals surface area contributed by atoms with Crippen LogP contribution in [-0.2, 0) is 4.74 Å². The fraction of sp³-hybridized carbons (Fsp3) is 0.364. The number of amides is 1. The number of alkyl halides is 2. The van der Waals surface area contributed by atoms with Crippen LogP contribution in [0.1, 0.15) is 11.6 Å². The van der Waals surface area contributed by atoms with Crippen LogP contribution in [0.2, 0.25) is 0 Å². The molecule has 1 N–H and O–H groups in total. The third-order valence-corrected chi connectivity index (χ3v) is 2.81. The summed E-state index contributed by atoms with van der Waals surface area (Å²) in [5, 5.41) is 2.11. The molecule has 2 heterocycles. The number of carbonyl (C=O) groups excluding carboxylic acids is 1. The minimum Gasteiger partial charge on any atom is -0.454 e. The van der Waals surface area contributed by atoms with Crippen molar-refractivity contribution in [3.8, 4) is 11.5 Å². The highest BCUT2D eigenvalue weighted by Crippen LogP contribution is 2.39. The number of hydrogen-bond donors (Lipinski definition) is 1. The molecule has 2 aliphatic rings. The van der Waals surface area contributed by atoms with Crippen LogP contribution in [0.25, 0.3) is 0 Å². The maximum absolute atomic E-state index is 13.7. The van der Waals surface area contributed by atoms with Gasteiger partial charge in [0, 0.05) is 0 Å². The number of benzene rings is 1. The van der Waals surface area contributed by atoms with E-state index < -0.39 is 24.7 Å². The van der Waals surface area contributed by atoms with Gasteiger partial charge < -0.3 is 19.5 Å². The molecule has 1 atom stereocenters. The molecule has 0 aliphatic carbocycles. The summed E-state index contributed by atoms with van der Waals surface area (Å²) < 4.78 is 41.8. The Morgan fingerprint density at radius 2 is 1.95 bits per heavy atom. The second-order valence-corrected chi connectivity index (χ2v) is 4.03. The Morgan fingerprint density at radius 1 is 1.21 bits per heavy atom. The first-order chi connectivity index (χ1) is 8.56. The van der Waals surface area contributed by atoms with Gasteiger partial charge in [-0.05, 0) is 17.7 Å². The molecule has 5 nitrogen and oxygen atoms in total. The Morgan fingerprint density at radius 3 is 2.74 bits per heavy atom. The van der Waals surface area contributed by atoms with E-state index in [-0.39, 0.29) is 24.8 Å². The van der Waals surface area contributed by atoms with Crippen molar-refractivity contribution in [3.63, 3.8) is 0 Å². The van der Waals surface area contributed by atoms with Crippen molar-refractivity contribution in [2.24, 2.45) is 0 Å². The molecular weight excluding hydrogens is 284 g/mol. The monoisotopic (exact) mass is 293 g/mol. The molecule has 0 saturated carbocycles. The van der Waals surface area contributed by atoms with Gasteiger partial charge in [-0.25, -0.2) is 13.6 Å². The molecule has 0 unspecified atom stereocenters. The summed E-state index contributed by atoms with van der Waals surface area (Å²) in [5.41, 5.74) is 0.251. The van der Waals surface area contributed by atoms with Crippen LogP contribution >= 0.6 is 12.4 Å². The van der Waals surface area contributed by atoms with Gasteiger partial charge in [0.05, 0.1) is 0 Å². The van der Waals surface area contributed by atoms with Crippen LogP contribution in [0.5, 0.6) is 11.5 Å². The van der Waals surface area contributed by atoms with Crippen molar-refractivity contribution in [1.82, 2.24) is 5.32 Å². The molecule has 0 spiro atoms. The average Bonchev–Trinajstić information content (AvgIpc) is 2.79. The zero-order valence-corrected chi connectivity index (χ0v) is 10.3. The van der Waals surface area contributed by atoms with E-state index in [0.717, 1.165) is 0 Å². The lowest BCUT2D eigenvalue weighted by atomic mass is 9.99. The molecule has 2 aliphatic heterocycles. The van der Waals surface area contributed by atoms with Gasteiger partial charge in [-0.3, -0.25) is 0 Å². The largest absolute Gasteiger partial charge is 0.454 e. The Labute approximate surface area is 113 Å². The van der Waals surface area contributed by atoms with E-state index in [1.165, 1.54) is 18.2 Å². The van der Waals surface area contributed by atoms with E-state index in [9.17, 15) is 13.6 Å². The molecule has 1 amide bonds. The second-order valence-electron chi connectivity index (χ2n) is 4.03. The first-order valence-electron chi connectivity index (χ1n) is 5.27. The molecular formula is C11H10ClF2NO4. The van der Waals surface area contributed by atoms with Gasteiger partial charge in [-0.1, -0.05) is 6.07 Å². The van der Waals surface area contributed by atoms with Gasteiger partial charge in [0.25, 0.3) is 0 Å². The lowest BCUT2D eigenvalue weighted by Crippen LogP contribution is -2.49. The minimum atomic E-state index is -3.17. The number of alkyl carbamates (subject to hydrolysis) is 1. The summed E-state index contributed by atoms with van der Waals surface area (Å²) in [7, 11) is 0. The molecule has 1 aromatic rings. The van der Waals surface area contributed by atoms with Gasteiger partial charge >= 0.3 is 12.0 Å². The van der Waals surface area contributed by atoms with Gasteiger partial charge in [-0.15, -0.1) is 12.4 Å². The zero-order chi connectivity index (χ0) is 12.8. The average molecular weight is 294 g/mol. The summed E-state index contributed by atoms with van der Waals surface area (Å²) >= 11 is 0. The lowest BCUT2D eigenvalue weighted by Gasteiger charge is -2.31. The van der Waals surface area contributed by atoms with Crippen molar-refractivity contribution in [2.45, 2.75) is 12.0 Å². The molecule has 1 fully saturated rings. The number of carbonyl (C=O) groups is 1. The van der Waals surface area contributed by atoms with Crippen molar-refractivity contribution in [1.29, 1.82) is 0 Å². The van der Waals surface area contributed by atoms with E-state index in [0.29, 0.717) is 11.5 Å². The van der Waals surface area contributed by atoms with E-state index in [4.69, 9.17) is 9.47 Å². The molecule has 3 rings (SSSR count). The topological polar surface area (TPSA) is 56.8 Å². The van der Waals surface area contributed by atoms with Crippen LogP contribution in [0.15, 0.2) is 18.2 Å². The number of nitrogens with one attached hydrogen (secondary N) is 1. The highest BCUT2D eigenvalue weighted by Gasteiger charge is 2.47. The van der Waals surface area contributed by atoms with E-state index >= 15 is 0 Å². The van der Waals surface area contributed by atoms with Gasteiger partial charge in [0.1, 0.15) is 6.04 Å². The Bertz CT molecular complexity index is 511. The Hall–Kier alpha value is -1.76. The maximum Gasteiger partial charge on any atom is 0.408 e. The highest BCUT2D eigenvalue weighted by atomic mass is 35.5. The number of rotatable bonds is 1. The number of hydrogen-bond acceptors (Lipinski definition) is 4. The fourth-order valence-electron chi connectivity index (χ4n) is 1.93. The third kappa shape index (κ3) is 2.37. The molecule has 1 saturated heterocycles. The smallest absolute Gasteiger partial charge is 0.408 e. The standard InChI is InChI=1S/C11H9F2NO4.ClH/c12-11(13)4-16-10(15)14-9(11)6-1-2-7-8(3-6)18-5-17-7;/h1-3,9H,4-5H2,(H,14,15);1H/t9-;/m1./s1. The number of cyclic esters (lactones) is 1. The van der Waals surface area contributed by atoms with Gasteiger partial charge in [-0.2, -0.15) is 0 Å². The predicted molar refractivity (Wildman–Crippen MR) is 62.0 cm³/mol. The first kappa shape index (κ1) is 13.7. The maximum atomic E-state index is 13.7. The number of fused-ring (bicyclic) bond motifs is 1. The van der Waals surface area contributed by atoms with Crippen LogP contribution in [0, 0.1) is 0 Å². The van der Waals surface area contributed by atoms with Crippen molar-refractivity contribution in [3.05, 3.63) is 23.8 Å². The summed E-state index contributed by atoms with van der Waals surface area (Å²) in [6.07, 6.45) is -0.858. The summed E-state index contributed by atoms with van der Waals surface area (Å²) in [6, 6.07) is 3.02. The quantitative estimate of drug-likeness (QED) is 0.863. The van der Waals surface area contributed by atoms with Crippen molar-refractivity contribution < 1.29 is 27.8 Å². The molecule has 8 heteroatoms. The highest BCUT2D eigenvalue weighted by molar-refractivity contribution is 5.85. The van der Waals surface area contributed by atoms with Crippen LogP contribution < -0.4 is 14.8 Å². The Kier molecular flexibility index (Phi) is 3.40. The van der Waals surface area contributed by atoms with Crippen LogP contribution in [0.4, 0.5) is 13.6 Å². The molecule has 19 heavy (non-hydrogen) atoms. The molecule has 104 valence electrons. The predicted octanol–water partition coefficient (Wildman–Crippen LogP) is 2.25. The van der Waals surface area contributed by atoms with E-state index in [1.807, 2.05) is 0 Å². The minimum absolute atomic E-state index is 0. The summed E-state index contributed by atoms with van der Waals surface area (Å²) in [5.74, 6) is -2.27. The molecule has 0 aromatic heterocycles. The SMILES string of the molecule is Cl.O=C1N[C@H](c2ccc3c(c2)OCO3)C(F)(F)CO1. The Balaban J connectivity index is 0.00000133. The summed E-state index contributed by atoms with van der Waals surface area (Å²) in [4.78, 5) is 11.0. The van der Waals surface area contributed by atoms with E-state index in [1.54, 1.807) is 0 Å². The molecule has 0 bridgehead atoms. The van der Waals surface area contributed by atoms with Gasteiger partial charge in [0.15, 0.2) is 18.1 Å². The summed E-state index contributed by atoms with van der Waals surface area (Å²) in [6.45, 7) is -0.868. The normalized spacial score (nSPS) is 23.1. The van der Waals surface area contributed by atoms with Crippen LogP contribution in [0.3, 0.4) is 0 Å². The third-order valence-electron chi connectivity index (χ3n) is 2.81. The van der Waals surface area contributed by atoms with Crippen LogP contribution in [-0.4, -0.2) is 25.4 Å². The van der Waals surface area contributed by atoms with Gasteiger partial charge in [0.2, 0.25) is 6.79 Å². The molecule has 1 aromatic carbocycles. The fourth-order valence-corrected chi connectivity index (χ4v) is 1.93. The van der Waals surface area contributed by atoms with E-state index in [2.05, 4.69) is 10.1 Å². The number of halogens is 3. The number of ether oxygens (including phenoxy) is 3. The second kappa shape index (κ2) is 4.73.